The summed E-state index contributed by atoms with van der Waals surface area (Å²) in [5, 5.41) is 13.3. The Morgan fingerprint density at radius 3 is 2.65 bits per heavy atom. The first-order chi connectivity index (χ1) is 9.50. The summed E-state index contributed by atoms with van der Waals surface area (Å²) < 4.78 is 0. The molecule has 0 aromatic rings. The van der Waals surface area contributed by atoms with E-state index in [9.17, 15) is 5.11 Å². The first-order valence-corrected chi connectivity index (χ1v) is 8.56. The maximum absolute atomic E-state index is 9.65. The fraction of sp³-hybridized carbons (Fsp3) is 1.00. The zero-order valence-corrected chi connectivity index (χ0v) is 14.1. The predicted octanol–water partition coefficient (Wildman–Crippen LogP) is 2.89. The average molecular weight is 284 g/mol. The fourth-order valence-corrected chi connectivity index (χ4v) is 3.10. The molecule has 1 aliphatic heterocycles. The molecule has 2 N–H and O–H groups in total. The SMILES string of the molecule is CCC(C)(CNCC(C)C)CN1CCCCCC1CO. The van der Waals surface area contributed by atoms with Crippen molar-refractivity contribution in [1.82, 2.24) is 10.2 Å². The topological polar surface area (TPSA) is 35.5 Å². The molecule has 1 heterocycles. The lowest BCUT2D eigenvalue weighted by atomic mass is 9.86. The quantitative estimate of drug-likeness (QED) is 0.719. The van der Waals surface area contributed by atoms with Gasteiger partial charge < -0.3 is 10.4 Å². The number of rotatable bonds is 8. The van der Waals surface area contributed by atoms with Crippen LogP contribution in [-0.2, 0) is 0 Å². The molecule has 0 saturated carbocycles. The Labute approximate surface area is 126 Å². The minimum Gasteiger partial charge on any atom is -0.395 e. The van der Waals surface area contributed by atoms with Gasteiger partial charge in [-0.3, -0.25) is 4.90 Å². The molecule has 0 radical (unpaired) electrons. The number of hydrogen-bond acceptors (Lipinski definition) is 3. The summed E-state index contributed by atoms with van der Waals surface area (Å²) in [6.07, 6.45) is 6.23. The van der Waals surface area contributed by atoms with Crippen LogP contribution in [0.5, 0.6) is 0 Å². The van der Waals surface area contributed by atoms with Gasteiger partial charge in [-0.15, -0.1) is 0 Å². The molecule has 0 amide bonds. The average Bonchev–Trinajstić information content (AvgIpc) is 2.63. The van der Waals surface area contributed by atoms with E-state index in [1.54, 1.807) is 0 Å². The van der Waals surface area contributed by atoms with Gasteiger partial charge in [-0.1, -0.05) is 40.5 Å². The third kappa shape index (κ3) is 6.11. The number of aliphatic hydroxyl groups is 1. The highest BCUT2D eigenvalue weighted by Gasteiger charge is 2.29. The smallest absolute Gasteiger partial charge is 0.0586 e. The lowest BCUT2D eigenvalue weighted by Gasteiger charge is -2.38. The molecule has 1 fully saturated rings. The molecular weight excluding hydrogens is 248 g/mol. The van der Waals surface area contributed by atoms with Gasteiger partial charge in [0, 0.05) is 19.1 Å². The number of likely N-dealkylation sites (tertiary alicyclic amines) is 1. The van der Waals surface area contributed by atoms with Gasteiger partial charge in [-0.25, -0.2) is 0 Å². The molecule has 0 spiro atoms. The second-order valence-corrected chi connectivity index (χ2v) is 7.35. The van der Waals surface area contributed by atoms with E-state index in [0.29, 0.717) is 24.0 Å². The van der Waals surface area contributed by atoms with E-state index in [2.05, 4.69) is 37.9 Å². The first-order valence-electron chi connectivity index (χ1n) is 8.56. The summed E-state index contributed by atoms with van der Waals surface area (Å²) in [6, 6.07) is 0.383. The third-order valence-corrected chi connectivity index (χ3v) is 4.75. The van der Waals surface area contributed by atoms with E-state index in [-0.39, 0.29) is 0 Å². The summed E-state index contributed by atoms with van der Waals surface area (Å²) in [4.78, 5) is 2.55. The van der Waals surface area contributed by atoms with Crippen molar-refractivity contribution in [2.75, 3.05) is 32.8 Å². The van der Waals surface area contributed by atoms with Crippen molar-refractivity contribution in [2.24, 2.45) is 11.3 Å². The summed E-state index contributed by atoms with van der Waals surface area (Å²) in [5.74, 6) is 0.708. The lowest BCUT2D eigenvalue weighted by Crippen LogP contribution is -2.47. The normalized spacial score (nSPS) is 24.6. The molecule has 2 atom stereocenters. The van der Waals surface area contributed by atoms with Gasteiger partial charge in [0.1, 0.15) is 0 Å². The molecule has 0 aromatic carbocycles. The zero-order valence-electron chi connectivity index (χ0n) is 14.1. The maximum atomic E-state index is 9.65. The molecule has 0 aliphatic carbocycles. The van der Waals surface area contributed by atoms with Crippen molar-refractivity contribution in [3.8, 4) is 0 Å². The van der Waals surface area contributed by atoms with Gasteiger partial charge in [0.25, 0.3) is 0 Å². The van der Waals surface area contributed by atoms with Crippen molar-refractivity contribution >= 4 is 0 Å². The van der Waals surface area contributed by atoms with Crippen molar-refractivity contribution in [1.29, 1.82) is 0 Å². The second-order valence-electron chi connectivity index (χ2n) is 7.35. The first kappa shape index (κ1) is 17.9. The van der Waals surface area contributed by atoms with Crippen molar-refractivity contribution in [2.45, 2.75) is 65.8 Å². The molecule has 3 nitrogen and oxygen atoms in total. The van der Waals surface area contributed by atoms with Crippen molar-refractivity contribution < 1.29 is 5.11 Å². The minimum absolute atomic E-state index is 0.312. The van der Waals surface area contributed by atoms with Crippen LogP contribution >= 0.6 is 0 Å². The van der Waals surface area contributed by atoms with Crippen LogP contribution in [0, 0.1) is 11.3 Å². The van der Waals surface area contributed by atoms with Gasteiger partial charge in [-0.05, 0) is 43.7 Å². The van der Waals surface area contributed by atoms with E-state index in [1.807, 2.05) is 0 Å². The van der Waals surface area contributed by atoms with Crippen LogP contribution < -0.4 is 5.32 Å². The second kappa shape index (κ2) is 9.01. The van der Waals surface area contributed by atoms with Crippen LogP contribution in [0.25, 0.3) is 0 Å². The van der Waals surface area contributed by atoms with E-state index in [4.69, 9.17) is 0 Å². The Bertz CT molecular complexity index is 257. The summed E-state index contributed by atoms with van der Waals surface area (Å²) >= 11 is 0. The Hall–Kier alpha value is -0.120. The third-order valence-electron chi connectivity index (χ3n) is 4.75. The van der Waals surface area contributed by atoms with Crippen LogP contribution in [-0.4, -0.2) is 48.8 Å². The van der Waals surface area contributed by atoms with Gasteiger partial charge >= 0.3 is 0 Å². The number of aliphatic hydroxyl groups excluding tert-OH is 1. The lowest BCUT2D eigenvalue weighted by molar-refractivity contribution is 0.0776. The van der Waals surface area contributed by atoms with Crippen LogP contribution in [0.4, 0.5) is 0 Å². The van der Waals surface area contributed by atoms with Crippen LogP contribution in [0.2, 0.25) is 0 Å². The van der Waals surface area contributed by atoms with Crippen LogP contribution in [0.3, 0.4) is 0 Å². The summed E-state index contributed by atoms with van der Waals surface area (Å²) in [6.45, 7) is 14.0. The molecule has 120 valence electrons. The molecule has 0 aromatic heterocycles. The molecule has 1 rings (SSSR count). The Kier molecular flexibility index (Phi) is 8.08. The summed E-state index contributed by atoms with van der Waals surface area (Å²) in [7, 11) is 0. The molecule has 2 unspecified atom stereocenters. The van der Waals surface area contributed by atoms with Crippen molar-refractivity contribution in [3.63, 3.8) is 0 Å². The highest BCUT2D eigenvalue weighted by atomic mass is 16.3. The van der Waals surface area contributed by atoms with Gasteiger partial charge in [0.2, 0.25) is 0 Å². The molecule has 20 heavy (non-hydrogen) atoms. The monoisotopic (exact) mass is 284 g/mol. The van der Waals surface area contributed by atoms with Gasteiger partial charge in [-0.2, -0.15) is 0 Å². The Morgan fingerprint density at radius 2 is 2.05 bits per heavy atom. The predicted molar refractivity (Wildman–Crippen MR) is 87.0 cm³/mol. The molecule has 1 saturated heterocycles. The van der Waals surface area contributed by atoms with Crippen molar-refractivity contribution in [3.05, 3.63) is 0 Å². The van der Waals surface area contributed by atoms with E-state index in [1.165, 1.54) is 25.7 Å². The van der Waals surface area contributed by atoms with E-state index < -0.39 is 0 Å². The van der Waals surface area contributed by atoms with Crippen LogP contribution in [0.15, 0.2) is 0 Å². The molecule has 3 heteroatoms. The molecular formula is C17H36N2O. The highest BCUT2D eigenvalue weighted by molar-refractivity contribution is 4.84. The number of hydrogen-bond donors (Lipinski definition) is 2. The maximum Gasteiger partial charge on any atom is 0.0586 e. The Balaban J connectivity index is 2.54. The van der Waals surface area contributed by atoms with E-state index >= 15 is 0 Å². The molecule has 1 aliphatic rings. The minimum atomic E-state index is 0.312. The molecule has 0 bridgehead atoms. The zero-order chi connectivity index (χ0) is 15.0. The van der Waals surface area contributed by atoms with E-state index in [0.717, 1.165) is 32.6 Å². The van der Waals surface area contributed by atoms with Gasteiger partial charge in [0.15, 0.2) is 0 Å². The number of nitrogens with zero attached hydrogens (tertiary/aromatic N) is 1. The highest BCUT2D eigenvalue weighted by Crippen LogP contribution is 2.26. The fourth-order valence-electron chi connectivity index (χ4n) is 3.10. The Morgan fingerprint density at radius 1 is 1.30 bits per heavy atom. The van der Waals surface area contributed by atoms with Crippen LogP contribution in [0.1, 0.15) is 59.8 Å². The largest absolute Gasteiger partial charge is 0.395 e. The standard InChI is InChI=1S/C17H36N2O/c1-5-17(4,13-18-11-15(2)3)14-19-10-8-6-7-9-16(19)12-20/h15-16,18,20H,5-14H2,1-4H3. The number of nitrogens with one attached hydrogen (secondary N) is 1. The van der Waals surface area contributed by atoms with Gasteiger partial charge in [0.05, 0.1) is 6.61 Å². The summed E-state index contributed by atoms with van der Waals surface area (Å²) in [5.41, 5.74) is 0.312.